The predicted molar refractivity (Wildman–Crippen MR) is 101 cm³/mol. The van der Waals surface area contributed by atoms with Crippen molar-refractivity contribution in [2.24, 2.45) is 11.7 Å². The number of para-hydroxylation sites is 1. The minimum Gasteiger partial charge on any atom is -0.497 e. The van der Waals surface area contributed by atoms with Crippen molar-refractivity contribution in [1.82, 2.24) is 0 Å². The van der Waals surface area contributed by atoms with Crippen LogP contribution < -0.4 is 15.4 Å². The second-order valence-electron chi connectivity index (χ2n) is 6.26. The van der Waals surface area contributed by atoms with Crippen molar-refractivity contribution in [2.75, 3.05) is 12.0 Å². The van der Waals surface area contributed by atoms with Gasteiger partial charge < -0.3 is 10.5 Å². The SMILES string of the molecule is COc1ccc(C2C(C#N)=C(N)N(c3ccccc3)C(=O)C2C(C)=O)cc1. The zero-order valence-electron chi connectivity index (χ0n) is 15.0. The highest BCUT2D eigenvalue weighted by Gasteiger charge is 2.45. The molecule has 27 heavy (non-hydrogen) atoms. The molecule has 0 radical (unpaired) electrons. The zero-order chi connectivity index (χ0) is 19.6. The standard InChI is InChI=1S/C21H19N3O3/c1-13(25)18-19(14-8-10-16(27-2)11-9-14)17(12-22)20(23)24(21(18)26)15-6-4-3-5-7-15/h3-11,18-19H,23H2,1-2H3. The molecular weight excluding hydrogens is 342 g/mol. The van der Waals surface area contributed by atoms with Gasteiger partial charge in [0.25, 0.3) is 0 Å². The normalized spacial score (nSPS) is 19.6. The van der Waals surface area contributed by atoms with Crippen LogP contribution in [-0.2, 0) is 9.59 Å². The number of carbonyl (C=O) groups excluding carboxylic acids is 2. The minimum atomic E-state index is -1.03. The molecule has 3 rings (SSSR count). The van der Waals surface area contributed by atoms with E-state index in [-0.39, 0.29) is 17.2 Å². The average Bonchev–Trinajstić information content (AvgIpc) is 2.68. The Morgan fingerprint density at radius 2 is 1.78 bits per heavy atom. The zero-order valence-corrected chi connectivity index (χ0v) is 15.0. The molecule has 0 aromatic heterocycles. The fourth-order valence-corrected chi connectivity index (χ4v) is 3.40. The summed E-state index contributed by atoms with van der Waals surface area (Å²) in [5, 5.41) is 9.78. The monoisotopic (exact) mass is 361 g/mol. The van der Waals surface area contributed by atoms with Crippen molar-refractivity contribution in [1.29, 1.82) is 5.26 Å². The van der Waals surface area contributed by atoms with Gasteiger partial charge in [-0.25, -0.2) is 0 Å². The van der Waals surface area contributed by atoms with Gasteiger partial charge in [-0.1, -0.05) is 30.3 Å². The maximum atomic E-state index is 13.2. The summed E-state index contributed by atoms with van der Waals surface area (Å²) >= 11 is 0. The maximum absolute atomic E-state index is 13.2. The molecule has 2 aromatic carbocycles. The molecule has 0 spiro atoms. The summed E-state index contributed by atoms with van der Waals surface area (Å²) in [6.45, 7) is 1.36. The highest BCUT2D eigenvalue weighted by molar-refractivity contribution is 6.11. The lowest BCUT2D eigenvalue weighted by atomic mass is 9.75. The van der Waals surface area contributed by atoms with E-state index in [9.17, 15) is 14.9 Å². The van der Waals surface area contributed by atoms with E-state index in [2.05, 4.69) is 6.07 Å². The third kappa shape index (κ3) is 3.15. The number of nitrogens with zero attached hydrogens (tertiary/aromatic N) is 2. The predicted octanol–water partition coefficient (Wildman–Crippen LogP) is 2.72. The van der Waals surface area contributed by atoms with Crippen LogP contribution in [0.3, 0.4) is 0 Å². The topological polar surface area (TPSA) is 96.4 Å². The van der Waals surface area contributed by atoms with Gasteiger partial charge in [-0.3, -0.25) is 14.5 Å². The molecule has 1 amide bonds. The number of ketones is 1. The number of benzene rings is 2. The summed E-state index contributed by atoms with van der Waals surface area (Å²) in [4.78, 5) is 26.9. The van der Waals surface area contributed by atoms with Crippen LogP contribution in [0.4, 0.5) is 5.69 Å². The number of ether oxygens (including phenoxy) is 1. The highest BCUT2D eigenvalue weighted by Crippen LogP contribution is 2.41. The molecule has 2 unspecified atom stereocenters. The second-order valence-corrected chi connectivity index (χ2v) is 6.26. The Hall–Kier alpha value is -3.59. The molecule has 2 aromatic rings. The molecule has 1 heterocycles. The molecule has 0 aliphatic carbocycles. The van der Waals surface area contributed by atoms with Gasteiger partial charge in [-0.05, 0) is 36.8 Å². The fourth-order valence-electron chi connectivity index (χ4n) is 3.40. The van der Waals surface area contributed by atoms with E-state index in [0.29, 0.717) is 17.0 Å². The molecule has 2 N–H and O–H groups in total. The summed E-state index contributed by atoms with van der Waals surface area (Å²) < 4.78 is 5.16. The van der Waals surface area contributed by atoms with Crippen LogP contribution in [0, 0.1) is 17.2 Å². The molecule has 1 aliphatic rings. The van der Waals surface area contributed by atoms with E-state index in [1.807, 2.05) is 6.07 Å². The maximum Gasteiger partial charge on any atom is 0.244 e. The van der Waals surface area contributed by atoms with Gasteiger partial charge in [0.2, 0.25) is 5.91 Å². The van der Waals surface area contributed by atoms with Crippen LogP contribution in [0.5, 0.6) is 5.75 Å². The molecule has 136 valence electrons. The van der Waals surface area contributed by atoms with Gasteiger partial charge in [-0.15, -0.1) is 0 Å². The van der Waals surface area contributed by atoms with Crippen LogP contribution in [0.25, 0.3) is 0 Å². The third-order valence-corrected chi connectivity index (χ3v) is 4.70. The third-order valence-electron chi connectivity index (χ3n) is 4.70. The van der Waals surface area contributed by atoms with Gasteiger partial charge in [0.1, 0.15) is 23.3 Å². The Kier molecular flexibility index (Phi) is 4.95. The Morgan fingerprint density at radius 3 is 2.30 bits per heavy atom. The Morgan fingerprint density at radius 1 is 1.15 bits per heavy atom. The molecule has 6 heteroatoms. The minimum absolute atomic E-state index is 0.0482. The summed E-state index contributed by atoms with van der Waals surface area (Å²) in [5.41, 5.74) is 7.61. The van der Waals surface area contributed by atoms with Gasteiger partial charge >= 0.3 is 0 Å². The lowest BCUT2D eigenvalue weighted by Gasteiger charge is -2.37. The largest absolute Gasteiger partial charge is 0.497 e. The number of hydrogen-bond donors (Lipinski definition) is 1. The number of hydrogen-bond acceptors (Lipinski definition) is 5. The van der Waals surface area contributed by atoms with Crippen LogP contribution in [0.1, 0.15) is 18.4 Å². The fraction of sp³-hybridized carbons (Fsp3) is 0.190. The molecule has 0 saturated heterocycles. The van der Waals surface area contributed by atoms with Gasteiger partial charge in [0, 0.05) is 5.92 Å². The number of nitriles is 1. The van der Waals surface area contributed by atoms with E-state index in [1.54, 1.807) is 55.6 Å². The van der Waals surface area contributed by atoms with Crippen LogP contribution in [-0.4, -0.2) is 18.8 Å². The molecule has 0 fully saturated rings. The molecule has 1 aliphatic heterocycles. The Balaban J connectivity index is 2.19. The first-order valence-electron chi connectivity index (χ1n) is 8.42. The van der Waals surface area contributed by atoms with Gasteiger partial charge in [0.05, 0.1) is 24.4 Å². The summed E-state index contributed by atoms with van der Waals surface area (Å²) in [6, 6.07) is 17.8. The summed E-state index contributed by atoms with van der Waals surface area (Å²) in [5.74, 6) is -1.83. The van der Waals surface area contributed by atoms with Gasteiger partial charge in [-0.2, -0.15) is 5.26 Å². The average molecular weight is 361 g/mol. The first kappa shape index (κ1) is 18.2. The van der Waals surface area contributed by atoms with E-state index >= 15 is 0 Å². The van der Waals surface area contributed by atoms with E-state index < -0.39 is 17.7 Å². The smallest absolute Gasteiger partial charge is 0.244 e. The summed E-state index contributed by atoms with van der Waals surface area (Å²) in [6.07, 6.45) is 0. The number of Topliss-reactive ketones (excluding diaryl/α,β-unsaturated/α-hetero) is 1. The van der Waals surface area contributed by atoms with Crippen molar-refractivity contribution in [3.63, 3.8) is 0 Å². The highest BCUT2D eigenvalue weighted by atomic mass is 16.5. The first-order valence-corrected chi connectivity index (χ1v) is 8.42. The van der Waals surface area contributed by atoms with Crippen molar-refractivity contribution in [3.8, 4) is 11.8 Å². The number of methoxy groups -OCH3 is 1. The van der Waals surface area contributed by atoms with Crippen LogP contribution in [0.15, 0.2) is 66.0 Å². The lowest BCUT2D eigenvalue weighted by molar-refractivity contribution is -0.132. The number of rotatable bonds is 4. The number of nitrogens with two attached hydrogens (primary N) is 1. The first-order chi connectivity index (χ1) is 13.0. The molecular formula is C21H19N3O3. The van der Waals surface area contributed by atoms with E-state index in [4.69, 9.17) is 10.5 Å². The molecule has 0 saturated carbocycles. The number of anilines is 1. The van der Waals surface area contributed by atoms with Gasteiger partial charge in [0.15, 0.2) is 0 Å². The quantitative estimate of drug-likeness (QED) is 0.845. The van der Waals surface area contributed by atoms with Crippen molar-refractivity contribution in [3.05, 3.63) is 71.6 Å². The molecule has 2 atom stereocenters. The van der Waals surface area contributed by atoms with Crippen molar-refractivity contribution in [2.45, 2.75) is 12.8 Å². The second kappa shape index (κ2) is 7.34. The number of amides is 1. The van der Waals surface area contributed by atoms with Crippen LogP contribution >= 0.6 is 0 Å². The number of carbonyl (C=O) groups is 2. The summed E-state index contributed by atoms with van der Waals surface area (Å²) in [7, 11) is 1.55. The van der Waals surface area contributed by atoms with E-state index in [0.717, 1.165) is 0 Å². The van der Waals surface area contributed by atoms with Crippen LogP contribution in [0.2, 0.25) is 0 Å². The Labute approximate surface area is 157 Å². The van der Waals surface area contributed by atoms with Crippen molar-refractivity contribution < 1.29 is 14.3 Å². The lowest BCUT2D eigenvalue weighted by Crippen LogP contribution is -2.48. The molecule has 0 bridgehead atoms. The van der Waals surface area contributed by atoms with E-state index in [1.165, 1.54) is 11.8 Å². The number of allylic oxidation sites excluding steroid dienone is 1. The Bertz CT molecular complexity index is 943. The molecule has 6 nitrogen and oxygen atoms in total. The van der Waals surface area contributed by atoms with Crippen molar-refractivity contribution >= 4 is 17.4 Å².